The Kier molecular flexibility index (Phi) is 3.02. The Labute approximate surface area is 71.1 Å². The summed E-state index contributed by atoms with van der Waals surface area (Å²) in [6.07, 6.45) is 4.90. The Bertz CT molecular complexity index is 228. The van der Waals surface area contributed by atoms with E-state index in [-0.39, 0.29) is 17.8 Å². The minimum absolute atomic E-state index is 0.0448. The molecule has 0 bridgehead atoms. The number of carboxylic acids is 1. The van der Waals surface area contributed by atoms with Crippen molar-refractivity contribution in [3.8, 4) is 0 Å². The SMILES string of the molecule is O=C1CCCC/C=C(\C(=O)O)C1. The number of aliphatic carboxylic acids is 1. The van der Waals surface area contributed by atoms with Crippen LogP contribution in [-0.4, -0.2) is 16.9 Å². The lowest BCUT2D eigenvalue weighted by atomic mass is 9.99. The number of carbonyl (C=O) groups excluding carboxylic acids is 1. The lowest BCUT2D eigenvalue weighted by molar-refractivity contribution is -0.134. The minimum atomic E-state index is -0.953. The number of hydrogen-bond acceptors (Lipinski definition) is 2. The third-order valence-corrected chi connectivity index (χ3v) is 1.96. The van der Waals surface area contributed by atoms with Crippen LogP contribution in [0.25, 0.3) is 0 Å². The maximum absolute atomic E-state index is 11.0. The molecule has 12 heavy (non-hydrogen) atoms. The lowest BCUT2D eigenvalue weighted by Gasteiger charge is -2.06. The monoisotopic (exact) mass is 168 g/mol. The summed E-state index contributed by atoms with van der Waals surface area (Å²) in [5.41, 5.74) is 0.264. The topological polar surface area (TPSA) is 54.4 Å². The van der Waals surface area contributed by atoms with Crippen LogP contribution in [-0.2, 0) is 9.59 Å². The normalized spacial score (nSPS) is 23.7. The summed E-state index contributed by atoms with van der Waals surface area (Å²) in [7, 11) is 0. The molecule has 0 saturated carbocycles. The molecule has 0 heterocycles. The van der Waals surface area contributed by atoms with Crippen molar-refractivity contribution in [1.29, 1.82) is 0 Å². The maximum atomic E-state index is 11.0. The Balaban J connectivity index is 2.68. The number of Topliss-reactive ketones (excluding diaryl/α,β-unsaturated/α-hetero) is 1. The van der Waals surface area contributed by atoms with Gasteiger partial charge in [-0.05, 0) is 19.3 Å². The molecule has 1 aliphatic rings. The fourth-order valence-corrected chi connectivity index (χ4v) is 1.28. The van der Waals surface area contributed by atoms with Gasteiger partial charge in [-0.15, -0.1) is 0 Å². The number of hydrogen-bond donors (Lipinski definition) is 1. The number of carboxylic acid groups (broad SMARTS) is 1. The van der Waals surface area contributed by atoms with E-state index in [4.69, 9.17) is 5.11 Å². The minimum Gasteiger partial charge on any atom is -0.478 e. The van der Waals surface area contributed by atoms with Crippen molar-refractivity contribution in [2.24, 2.45) is 0 Å². The predicted octanol–water partition coefficient (Wildman–Crippen LogP) is 1.53. The Morgan fingerprint density at radius 1 is 1.42 bits per heavy atom. The van der Waals surface area contributed by atoms with E-state index in [1.165, 1.54) is 0 Å². The van der Waals surface area contributed by atoms with E-state index in [0.29, 0.717) is 6.42 Å². The fourth-order valence-electron chi connectivity index (χ4n) is 1.28. The van der Waals surface area contributed by atoms with E-state index < -0.39 is 5.97 Å². The molecule has 0 aromatic heterocycles. The molecule has 3 heteroatoms. The zero-order valence-corrected chi connectivity index (χ0v) is 6.88. The molecule has 0 unspecified atom stereocenters. The number of allylic oxidation sites excluding steroid dienone is 1. The summed E-state index contributed by atoms with van der Waals surface area (Å²) >= 11 is 0. The van der Waals surface area contributed by atoms with Gasteiger partial charge in [0, 0.05) is 18.4 Å². The predicted molar refractivity (Wildman–Crippen MR) is 43.8 cm³/mol. The number of carbonyl (C=O) groups is 2. The second kappa shape index (κ2) is 4.04. The molecule has 0 aromatic rings. The molecule has 1 rings (SSSR count). The summed E-state index contributed by atoms with van der Waals surface area (Å²) < 4.78 is 0. The zero-order valence-electron chi connectivity index (χ0n) is 6.88. The van der Waals surface area contributed by atoms with Crippen molar-refractivity contribution in [2.45, 2.75) is 32.1 Å². The molecular formula is C9H12O3. The molecule has 0 aliphatic heterocycles. The van der Waals surface area contributed by atoms with Gasteiger partial charge in [-0.2, -0.15) is 0 Å². The molecule has 0 saturated heterocycles. The second-order valence-electron chi connectivity index (χ2n) is 3.00. The van der Waals surface area contributed by atoms with Crippen molar-refractivity contribution in [1.82, 2.24) is 0 Å². The molecular weight excluding hydrogens is 156 g/mol. The van der Waals surface area contributed by atoms with E-state index in [1.807, 2.05) is 0 Å². The van der Waals surface area contributed by atoms with Gasteiger partial charge in [0.25, 0.3) is 0 Å². The zero-order chi connectivity index (χ0) is 8.97. The summed E-state index contributed by atoms with van der Waals surface area (Å²) in [5, 5.41) is 8.65. The second-order valence-corrected chi connectivity index (χ2v) is 3.00. The van der Waals surface area contributed by atoms with Crippen molar-refractivity contribution in [3.05, 3.63) is 11.6 Å². The summed E-state index contributed by atoms with van der Waals surface area (Å²) in [4.78, 5) is 21.6. The molecule has 1 N–H and O–H groups in total. The van der Waals surface area contributed by atoms with Crippen molar-refractivity contribution < 1.29 is 14.7 Å². The largest absolute Gasteiger partial charge is 0.478 e. The summed E-state index contributed by atoms with van der Waals surface area (Å²) in [5.74, 6) is -0.909. The summed E-state index contributed by atoms with van der Waals surface area (Å²) in [6, 6.07) is 0. The van der Waals surface area contributed by atoms with Gasteiger partial charge in [-0.1, -0.05) is 6.08 Å². The van der Waals surface area contributed by atoms with Crippen LogP contribution in [0.3, 0.4) is 0 Å². The van der Waals surface area contributed by atoms with E-state index in [0.717, 1.165) is 19.3 Å². The molecule has 0 radical (unpaired) electrons. The van der Waals surface area contributed by atoms with Crippen molar-refractivity contribution >= 4 is 11.8 Å². The average molecular weight is 168 g/mol. The van der Waals surface area contributed by atoms with Gasteiger partial charge in [-0.3, -0.25) is 4.79 Å². The Hall–Kier alpha value is -1.12. The van der Waals surface area contributed by atoms with E-state index in [1.54, 1.807) is 6.08 Å². The standard InChI is InChI=1S/C9H12O3/c10-8-5-3-1-2-4-7(6-8)9(11)12/h4H,1-3,5-6H2,(H,11,12)/b7-4-. The molecule has 0 atom stereocenters. The van der Waals surface area contributed by atoms with Gasteiger partial charge in [0.05, 0.1) is 0 Å². The van der Waals surface area contributed by atoms with Gasteiger partial charge >= 0.3 is 5.97 Å². The molecule has 1 aliphatic carbocycles. The van der Waals surface area contributed by atoms with Crippen LogP contribution in [0.1, 0.15) is 32.1 Å². The van der Waals surface area contributed by atoms with Crippen molar-refractivity contribution in [3.63, 3.8) is 0 Å². The number of ketones is 1. The smallest absolute Gasteiger partial charge is 0.331 e. The summed E-state index contributed by atoms with van der Waals surface area (Å²) in [6.45, 7) is 0. The van der Waals surface area contributed by atoms with Crippen LogP contribution >= 0.6 is 0 Å². The highest BCUT2D eigenvalue weighted by Gasteiger charge is 2.13. The highest BCUT2D eigenvalue weighted by atomic mass is 16.4. The van der Waals surface area contributed by atoms with Gasteiger partial charge in [0.1, 0.15) is 5.78 Å². The fraction of sp³-hybridized carbons (Fsp3) is 0.556. The number of rotatable bonds is 1. The molecule has 0 spiro atoms. The maximum Gasteiger partial charge on any atom is 0.331 e. The van der Waals surface area contributed by atoms with Gasteiger partial charge in [-0.25, -0.2) is 4.79 Å². The first-order valence-corrected chi connectivity index (χ1v) is 4.14. The molecule has 66 valence electrons. The first-order chi connectivity index (χ1) is 5.70. The third-order valence-electron chi connectivity index (χ3n) is 1.96. The van der Waals surface area contributed by atoms with E-state index in [9.17, 15) is 9.59 Å². The van der Waals surface area contributed by atoms with Gasteiger partial charge in [0.2, 0.25) is 0 Å². The van der Waals surface area contributed by atoms with Crippen molar-refractivity contribution in [2.75, 3.05) is 0 Å². The highest BCUT2D eigenvalue weighted by Crippen LogP contribution is 2.14. The quantitative estimate of drug-likeness (QED) is 0.646. The van der Waals surface area contributed by atoms with Gasteiger partial charge in [0.15, 0.2) is 0 Å². The Morgan fingerprint density at radius 2 is 2.17 bits per heavy atom. The average Bonchev–Trinajstić information content (AvgIpc) is 1.95. The first-order valence-electron chi connectivity index (χ1n) is 4.14. The van der Waals surface area contributed by atoms with E-state index >= 15 is 0 Å². The highest BCUT2D eigenvalue weighted by molar-refractivity contribution is 5.94. The van der Waals surface area contributed by atoms with Gasteiger partial charge < -0.3 is 5.11 Å². The van der Waals surface area contributed by atoms with Crippen LogP contribution in [0.2, 0.25) is 0 Å². The first kappa shape index (κ1) is 8.97. The molecule has 0 aromatic carbocycles. The molecule has 0 fully saturated rings. The third kappa shape index (κ3) is 2.49. The van der Waals surface area contributed by atoms with E-state index in [2.05, 4.69) is 0 Å². The molecule has 3 nitrogen and oxygen atoms in total. The van der Waals surface area contributed by atoms with Crippen LogP contribution < -0.4 is 0 Å². The van der Waals surface area contributed by atoms with Crippen LogP contribution in [0.4, 0.5) is 0 Å². The lowest BCUT2D eigenvalue weighted by Crippen LogP contribution is -2.09. The Morgan fingerprint density at radius 3 is 2.83 bits per heavy atom. The molecule has 0 amide bonds. The van der Waals surface area contributed by atoms with Crippen LogP contribution in [0.15, 0.2) is 11.6 Å². The van der Waals surface area contributed by atoms with Crippen LogP contribution in [0, 0.1) is 0 Å². The van der Waals surface area contributed by atoms with Crippen LogP contribution in [0.5, 0.6) is 0 Å².